The number of nitrogens with zero attached hydrogens (tertiary/aromatic N) is 2. The molecule has 0 radical (unpaired) electrons. The van der Waals surface area contributed by atoms with Crippen molar-refractivity contribution < 1.29 is 18.7 Å². The lowest BCUT2D eigenvalue weighted by atomic mass is 9.98. The van der Waals surface area contributed by atoms with Crippen LogP contribution in [0.25, 0.3) is 0 Å². The number of esters is 1. The van der Waals surface area contributed by atoms with Crippen molar-refractivity contribution in [2.75, 3.05) is 33.3 Å². The molecule has 2 unspecified atom stereocenters. The van der Waals surface area contributed by atoms with E-state index in [0.717, 1.165) is 19.4 Å². The number of benzene rings is 1. The van der Waals surface area contributed by atoms with Crippen molar-refractivity contribution in [3.8, 4) is 5.75 Å². The van der Waals surface area contributed by atoms with Crippen LogP contribution in [0.5, 0.6) is 5.75 Å². The normalized spacial score (nSPS) is 18.3. The van der Waals surface area contributed by atoms with E-state index in [4.69, 9.17) is 9.47 Å². The first-order valence-electron chi connectivity index (χ1n) is 9.08. The van der Waals surface area contributed by atoms with Gasteiger partial charge in [0.1, 0.15) is 6.10 Å². The lowest BCUT2D eigenvalue weighted by molar-refractivity contribution is -0.149. The molecule has 6 nitrogen and oxygen atoms in total. The summed E-state index contributed by atoms with van der Waals surface area (Å²) in [5.74, 6) is 0.287. The molecule has 0 aromatic heterocycles. The van der Waals surface area contributed by atoms with E-state index in [9.17, 15) is 9.18 Å². The van der Waals surface area contributed by atoms with Crippen LogP contribution in [-0.4, -0.2) is 56.2 Å². The van der Waals surface area contributed by atoms with Crippen molar-refractivity contribution >= 4 is 35.9 Å². The SMILES string of the molecule is CCOC(=O)C1CCCN(C(=NC)NCC(C)Oc2ccccc2F)C1.I. The number of piperidine rings is 1. The smallest absolute Gasteiger partial charge is 0.310 e. The highest BCUT2D eigenvalue weighted by Crippen LogP contribution is 2.19. The molecule has 1 fully saturated rings. The molecule has 0 saturated carbocycles. The van der Waals surface area contributed by atoms with Crippen molar-refractivity contribution in [3.05, 3.63) is 30.1 Å². The summed E-state index contributed by atoms with van der Waals surface area (Å²) < 4.78 is 24.4. The van der Waals surface area contributed by atoms with E-state index in [1.807, 2.05) is 13.8 Å². The summed E-state index contributed by atoms with van der Waals surface area (Å²) in [6, 6.07) is 6.34. The maximum atomic E-state index is 13.7. The third kappa shape index (κ3) is 7.15. The zero-order valence-electron chi connectivity index (χ0n) is 16.1. The van der Waals surface area contributed by atoms with Crippen LogP contribution in [0.1, 0.15) is 26.7 Å². The maximum Gasteiger partial charge on any atom is 0.310 e. The number of hydrogen-bond acceptors (Lipinski definition) is 4. The molecule has 152 valence electrons. The molecular formula is C19H29FIN3O3. The van der Waals surface area contributed by atoms with Gasteiger partial charge >= 0.3 is 5.97 Å². The second-order valence-corrected chi connectivity index (χ2v) is 6.32. The van der Waals surface area contributed by atoms with Crippen molar-refractivity contribution in [1.29, 1.82) is 0 Å². The van der Waals surface area contributed by atoms with Gasteiger partial charge in [-0.15, -0.1) is 24.0 Å². The summed E-state index contributed by atoms with van der Waals surface area (Å²) >= 11 is 0. The van der Waals surface area contributed by atoms with Gasteiger partial charge in [-0.1, -0.05) is 12.1 Å². The van der Waals surface area contributed by atoms with E-state index in [-0.39, 0.29) is 53.5 Å². The molecule has 1 aromatic rings. The van der Waals surface area contributed by atoms with E-state index < -0.39 is 0 Å². The zero-order chi connectivity index (χ0) is 18.9. The number of para-hydroxylation sites is 1. The van der Waals surface area contributed by atoms with Gasteiger partial charge in [-0.05, 0) is 38.8 Å². The van der Waals surface area contributed by atoms with Gasteiger partial charge < -0.3 is 19.7 Å². The first-order chi connectivity index (χ1) is 12.5. The number of aliphatic imine (C=N–C) groups is 1. The van der Waals surface area contributed by atoms with Crippen LogP contribution >= 0.6 is 24.0 Å². The quantitative estimate of drug-likeness (QED) is 0.286. The molecule has 1 aliphatic rings. The molecular weight excluding hydrogens is 464 g/mol. The fraction of sp³-hybridized carbons (Fsp3) is 0.579. The third-order valence-electron chi connectivity index (χ3n) is 4.27. The fourth-order valence-electron chi connectivity index (χ4n) is 2.99. The number of rotatable bonds is 6. The molecule has 27 heavy (non-hydrogen) atoms. The average Bonchev–Trinajstić information content (AvgIpc) is 2.64. The van der Waals surface area contributed by atoms with Crippen LogP contribution < -0.4 is 10.1 Å². The van der Waals surface area contributed by atoms with E-state index in [2.05, 4.69) is 15.2 Å². The van der Waals surface area contributed by atoms with Crippen LogP contribution in [0.2, 0.25) is 0 Å². The van der Waals surface area contributed by atoms with Gasteiger partial charge in [0.15, 0.2) is 17.5 Å². The minimum Gasteiger partial charge on any atom is -0.486 e. The Kier molecular flexibility index (Phi) is 10.4. The van der Waals surface area contributed by atoms with Gasteiger partial charge in [-0.3, -0.25) is 9.79 Å². The molecule has 1 heterocycles. The van der Waals surface area contributed by atoms with Crippen LogP contribution in [0.3, 0.4) is 0 Å². The number of carbonyl (C=O) groups is 1. The van der Waals surface area contributed by atoms with Crippen molar-refractivity contribution in [1.82, 2.24) is 10.2 Å². The number of ether oxygens (including phenoxy) is 2. The van der Waals surface area contributed by atoms with E-state index in [1.54, 1.807) is 25.2 Å². The molecule has 1 N–H and O–H groups in total. The maximum absolute atomic E-state index is 13.7. The van der Waals surface area contributed by atoms with Crippen LogP contribution in [0.15, 0.2) is 29.3 Å². The molecule has 1 aliphatic heterocycles. The van der Waals surface area contributed by atoms with E-state index in [1.165, 1.54) is 6.07 Å². The second kappa shape index (κ2) is 12.0. The van der Waals surface area contributed by atoms with Gasteiger partial charge in [0, 0.05) is 20.1 Å². The molecule has 8 heteroatoms. The molecule has 1 saturated heterocycles. The Morgan fingerprint density at radius 2 is 2.19 bits per heavy atom. The summed E-state index contributed by atoms with van der Waals surface area (Å²) in [4.78, 5) is 18.3. The highest BCUT2D eigenvalue weighted by atomic mass is 127. The van der Waals surface area contributed by atoms with Crippen molar-refractivity contribution in [2.24, 2.45) is 10.9 Å². The summed E-state index contributed by atoms with van der Waals surface area (Å²) in [5.41, 5.74) is 0. The highest BCUT2D eigenvalue weighted by molar-refractivity contribution is 14.0. The summed E-state index contributed by atoms with van der Waals surface area (Å²) in [7, 11) is 1.71. The Hall–Kier alpha value is -1.58. The number of likely N-dealkylation sites (tertiary alicyclic amines) is 1. The van der Waals surface area contributed by atoms with Crippen molar-refractivity contribution in [3.63, 3.8) is 0 Å². The lowest BCUT2D eigenvalue weighted by Crippen LogP contribution is -2.49. The van der Waals surface area contributed by atoms with E-state index >= 15 is 0 Å². The summed E-state index contributed by atoms with van der Waals surface area (Å²) in [5, 5.41) is 3.25. The minimum absolute atomic E-state index is 0. The largest absolute Gasteiger partial charge is 0.486 e. The number of guanidine groups is 1. The molecule has 0 amide bonds. The Balaban J connectivity index is 0.00000364. The molecule has 2 rings (SSSR count). The van der Waals surface area contributed by atoms with Crippen molar-refractivity contribution in [2.45, 2.75) is 32.8 Å². The molecule has 0 bridgehead atoms. The van der Waals surface area contributed by atoms with Gasteiger partial charge in [0.25, 0.3) is 0 Å². The molecule has 0 spiro atoms. The molecule has 0 aliphatic carbocycles. The molecule has 1 aromatic carbocycles. The number of nitrogens with one attached hydrogen (secondary N) is 1. The third-order valence-corrected chi connectivity index (χ3v) is 4.27. The van der Waals surface area contributed by atoms with Gasteiger partial charge in [0.2, 0.25) is 0 Å². The van der Waals surface area contributed by atoms with Gasteiger partial charge in [-0.25, -0.2) is 4.39 Å². The van der Waals surface area contributed by atoms with Gasteiger partial charge in [0.05, 0.1) is 19.1 Å². The Morgan fingerprint density at radius 3 is 2.85 bits per heavy atom. The Labute approximate surface area is 177 Å². The Bertz CT molecular complexity index is 630. The second-order valence-electron chi connectivity index (χ2n) is 6.32. The predicted octanol–water partition coefficient (Wildman–Crippen LogP) is 3.06. The van der Waals surface area contributed by atoms with Crippen LogP contribution in [0, 0.1) is 11.7 Å². The minimum atomic E-state index is -0.378. The van der Waals surface area contributed by atoms with Crippen LogP contribution in [0.4, 0.5) is 4.39 Å². The number of halogens is 2. The monoisotopic (exact) mass is 493 g/mol. The first-order valence-corrected chi connectivity index (χ1v) is 9.08. The first kappa shape index (κ1) is 23.5. The number of hydrogen-bond donors (Lipinski definition) is 1. The van der Waals surface area contributed by atoms with Gasteiger partial charge in [-0.2, -0.15) is 0 Å². The Morgan fingerprint density at radius 1 is 1.44 bits per heavy atom. The molecule has 2 atom stereocenters. The number of carbonyl (C=O) groups excluding carboxylic acids is 1. The standard InChI is InChI=1S/C19H28FN3O3.HI/c1-4-25-18(24)15-8-7-11-23(13-15)19(21-3)22-12-14(2)26-17-10-6-5-9-16(17)20;/h5-6,9-10,14-15H,4,7-8,11-13H2,1-3H3,(H,21,22);1H. The van der Waals surface area contributed by atoms with Crippen LogP contribution in [-0.2, 0) is 9.53 Å². The predicted molar refractivity (Wildman–Crippen MR) is 114 cm³/mol. The highest BCUT2D eigenvalue weighted by Gasteiger charge is 2.28. The topological polar surface area (TPSA) is 63.2 Å². The summed E-state index contributed by atoms with van der Waals surface area (Å²) in [6.45, 7) is 5.97. The van der Waals surface area contributed by atoms with E-state index in [0.29, 0.717) is 25.7 Å². The lowest BCUT2D eigenvalue weighted by Gasteiger charge is -2.34. The summed E-state index contributed by atoms with van der Waals surface area (Å²) in [6.07, 6.45) is 1.50. The fourth-order valence-corrected chi connectivity index (χ4v) is 2.99. The zero-order valence-corrected chi connectivity index (χ0v) is 18.4. The average molecular weight is 493 g/mol.